The van der Waals surface area contributed by atoms with Crippen molar-refractivity contribution in [3.63, 3.8) is 0 Å². The normalized spacial score (nSPS) is 12.1. The Morgan fingerprint density at radius 3 is 2.48 bits per heavy atom. The maximum Gasteiger partial charge on any atom is 0.259 e. The zero-order valence-electron chi connectivity index (χ0n) is 14.6. The molecule has 0 radical (unpaired) electrons. The third-order valence-electron chi connectivity index (χ3n) is 4.25. The van der Waals surface area contributed by atoms with Crippen LogP contribution in [0, 0.1) is 0 Å². The highest BCUT2D eigenvalue weighted by Gasteiger charge is 2.13. The number of hydrogen-bond acceptors (Lipinski definition) is 4. The van der Waals surface area contributed by atoms with Gasteiger partial charge in [0, 0.05) is 11.6 Å². The van der Waals surface area contributed by atoms with Gasteiger partial charge in [-0.1, -0.05) is 30.3 Å². The summed E-state index contributed by atoms with van der Waals surface area (Å²) in [7, 11) is 3.10. The molecule has 6 heteroatoms. The number of fused-ring (bicyclic) bond motifs is 1. The number of methoxy groups -OCH3 is 2. The van der Waals surface area contributed by atoms with E-state index in [4.69, 9.17) is 9.47 Å². The van der Waals surface area contributed by atoms with Crippen LogP contribution in [0.4, 0.5) is 0 Å². The summed E-state index contributed by atoms with van der Waals surface area (Å²) in [6.45, 7) is 2.71. The summed E-state index contributed by atoms with van der Waals surface area (Å²) in [4.78, 5) is 19.8. The van der Waals surface area contributed by atoms with E-state index in [9.17, 15) is 4.79 Å². The molecule has 6 nitrogen and oxygen atoms in total. The third kappa shape index (κ3) is 3.64. The number of rotatable bonds is 6. The van der Waals surface area contributed by atoms with Gasteiger partial charge >= 0.3 is 0 Å². The minimum absolute atomic E-state index is 0.179. The molecule has 2 aromatic carbocycles. The smallest absolute Gasteiger partial charge is 0.259 e. The van der Waals surface area contributed by atoms with Crippen LogP contribution in [0.15, 0.2) is 47.3 Å². The average molecular weight is 340 g/mol. The van der Waals surface area contributed by atoms with Crippen LogP contribution < -0.4 is 20.3 Å². The van der Waals surface area contributed by atoms with Crippen LogP contribution in [0.3, 0.4) is 0 Å². The molecule has 0 aliphatic rings. The average Bonchev–Trinajstić information content (AvgIpc) is 2.65. The van der Waals surface area contributed by atoms with E-state index < -0.39 is 0 Å². The van der Waals surface area contributed by atoms with Gasteiger partial charge in [0.25, 0.3) is 5.56 Å². The van der Waals surface area contributed by atoms with Crippen LogP contribution in [-0.2, 0) is 6.54 Å². The Bertz CT molecular complexity index is 922. The molecule has 3 aromatic rings. The van der Waals surface area contributed by atoms with Crippen LogP contribution in [0.25, 0.3) is 10.9 Å². The van der Waals surface area contributed by atoms with Gasteiger partial charge in [-0.3, -0.25) is 4.79 Å². The molecule has 0 fully saturated rings. The molecule has 0 bridgehead atoms. The predicted molar refractivity (Wildman–Crippen MR) is 96.0 cm³/mol. The van der Waals surface area contributed by atoms with Crippen LogP contribution in [0.2, 0.25) is 0 Å². The summed E-state index contributed by atoms with van der Waals surface area (Å²) in [5.41, 5.74) is 1.65. The molecule has 3 N–H and O–H groups in total. The van der Waals surface area contributed by atoms with E-state index >= 15 is 0 Å². The van der Waals surface area contributed by atoms with Crippen molar-refractivity contribution >= 4 is 10.9 Å². The fourth-order valence-electron chi connectivity index (χ4n) is 2.79. The zero-order chi connectivity index (χ0) is 17.8. The minimum atomic E-state index is -0.179. The van der Waals surface area contributed by atoms with Crippen LogP contribution in [-0.4, -0.2) is 24.2 Å². The van der Waals surface area contributed by atoms with Crippen molar-refractivity contribution in [2.75, 3.05) is 14.2 Å². The van der Waals surface area contributed by atoms with Crippen molar-refractivity contribution in [1.82, 2.24) is 9.97 Å². The third-order valence-corrected chi connectivity index (χ3v) is 4.25. The van der Waals surface area contributed by atoms with Gasteiger partial charge in [0.1, 0.15) is 12.6 Å². The Labute approximate surface area is 145 Å². The minimum Gasteiger partial charge on any atom is -0.493 e. The molecule has 0 aliphatic heterocycles. The summed E-state index contributed by atoms with van der Waals surface area (Å²) in [6, 6.07) is 13.9. The van der Waals surface area contributed by atoms with E-state index in [0.717, 1.165) is 0 Å². The molecule has 0 unspecified atom stereocenters. The van der Waals surface area contributed by atoms with Crippen molar-refractivity contribution in [2.24, 2.45) is 0 Å². The van der Waals surface area contributed by atoms with E-state index in [2.05, 4.69) is 34.3 Å². The van der Waals surface area contributed by atoms with Crippen molar-refractivity contribution < 1.29 is 14.8 Å². The zero-order valence-corrected chi connectivity index (χ0v) is 14.6. The summed E-state index contributed by atoms with van der Waals surface area (Å²) in [5.74, 6) is 1.70. The number of aromatic nitrogens is 2. The number of ether oxygens (including phenoxy) is 2. The van der Waals surface area contributed by atoms with Gasteiger partial charge in [0.2, 0.25) is 0 Å². The lowest BCUT2D eigenvalue weighted by atomic mass is 10.1. The maximum atomic E-state index is 12.4. The molecule has 1 heterocycles. The molecule has 1 atom stereocenters. The first-order valence-electron chi connectivity index (χ1n) is 8.15. The maximum absolute atomic E-state index is 12.4. The molecule has 0 aliphatic carbocycles. The molecule has 130 valence electrons. The Morgan fingerprint density at radius 2 is 1.80 bits per heavy atom. The predicted octanol–water partition coefficient (Wildman–Crippen LogP) is 1.76. The van der Waals surface area contributed by atoms with E-state index in [1.807, 2.05) is 18.2 Å². The molecule has 0 saturated carbocycles. The number of benzene rings is 2. The Kier molecular flexibility index (Phi) is 5.00. The Hall–Kier alpha value is -2.86. The van der Waals surface area contributed by atoms with Crippen LogP contribution in [0.1, 0.15) is 24.4 Å². The quantitative estimate of drug-likeness (QED) is 0.716. The Balaban J connectivity index is 1.86. The standard InChI is InChI=1S/C19H21N3O3/c1-12(13-7-5-4-6-8-13)20-11-18-21-15-10-17(25-3)16(24-2)9-14(15)19(23)22-18/h4-10,12,20H,11H2,1-3H3,(H,21,22,23)/p+1/t12-/m1/s1. The van der Waals surface area contributed by atoms with Crippen molar-refractivity contribution in [3.05, 3.63) is 64.2 Å². The molecule has 3 rings (SSSR count). The topological polar surface area (TPSA) is 80.8 Å². The summed E-state index contributed by atoms with van der Waals surface area (Å²) in [6.07, 6.45) is 0. The Morgan fingerprint density at radius 1 is 1.12 bits per heavy atom. The van der Waals surface area contributed by atoms with Gasteiger partial charge in [-0.15, -0.1) is 0 Å². The number of hydrogen-bond donors (Lipinski definition) is 2. The SMILES string of the molecule is COc1cc2nc(C[NH2+][C@H](C)c3ccccc3)[nH]c(=O)c2cc1OC. The van der Waals surface area contributed by atoms with Crippen LogP contribution >= 0.6 is 0 Å². The molecule has 0 saturated heterocycles. The lowest BCUT2D eigenvalue weighted by Gasteiger charge is -2.11. The molecule has 0 amide bonds. The first-order chi connectivity index (χ1) is 12.1. The molecular formula is C19H22N3O3+. The van der Waals surface area contributed by atoms with E-state index in [0.29, 0.717) is 34.8 Å². The number of H-pyrrole nitrogens is 1. The summed E-state index contributed by atoms with van der Waals surface area (Å²) in [5, 5.41) is 2.62. The number of quaternary nitrogens is 1. The molecular weight excluding hydrogens is 318 g/mol. The van der Waals surface area contributed by atoms with Gasteiger partial charge in [-0.25, -0.2) is 4.98 Å². The summed E-state index contributed by atoms with van der Waals surface area (Å²) >= 11 is 0. The number of aromatic amines is 1. The largest absolute Gasteiger partial charge is 0.493 e. The van der Waals surface area contributed by atoms with Crippen molar-refractivity contribution in [1.29, 1.82) is 0 Å². The van der Waals surface area contributed by atoms with Gasteiger partial charge in [-0.2, -0.15) is 0 Å². The van der Waals surface area contributed by atoms with Crippen LogP contribution in [0.5, 0.6) is 11.5 Å². The van der Waals surface area contributed by atoms with Gasteiger partial charge < -0.3 is 19.8 Å². The van der Waals surface area contributed by atoms with Gasteiger partial charge in [0.15, 0.2) is 17.3 Å². The first kappa shape index (κ1) is 17.0. The number of nitrogens with zero attached hydrogens (tertiary/aromatic N) is 1. The monoisotopic (exact) mass is 340 g/mol. The van der Waals surface area contributed by atoms with Gasteiger partial charge in [0.05, 0.1) is 25.1 Å². The highest BCUT2D eigenvalue weighted by molar-refractivity contribution is 5.81. The van der Waals surface area contributed by atoms with E-state index in [1.54, 1.807) is 26.4 Å². The highest BCUT2D eigenvalue weighted by atomic mass is 16.5. The van der Waals surface area contributed by atoms with E-state index in [-0.39, 0.29) is 11.6 Å². The second-order valence-corrected chi connectivity index (χ2v) is 5.88. The second-order valence-electron chi connectivity index (χ2n) is 5.88. The lowest BCUT2D eigenvalue weighted by Crippen LogP contribution is -2.83. The van der Waals surface area contributed by atoms with Crippen molar-refractivity contribution in [2.45, 2.75) is 19.5 Å². The number of nitrogens with one attached hydrogen (secondary N) is 1. The first-order valence-corrected chi connectivity index (χ1v) is 8.15. The molecule has 0 spiro atoms. The fourth-order valence-corrected chi connectivity index (χ4v) is 2.79. The molecule has 1 aromatic heterocycles. The van der Waals surface area contributed by atoms with E-state index in [1.165, 1.54) is 5.56 Å². The molecule has 25 heavy (non-hydrogen) atoms. The second kappa shape index (κ2) is 7.36. The van der Waals surface area contributed by atoms with Gasteiger partial charge in [-0.05, 0) is 13.0 Å². The van der Waals surface area contributed by atoms with Crippen molar-refractivity contribution in [3.8, 4) is 11.5 Å². The summed E-state index contributed by atoms with van der Waals surface area (Å²) < 4.78 is 10.5. The fraction of sp³-hybridized carbons (Fsp3) is 0.263. The number of nitrogens with two attached hydrogens (primary N) is 1. The lowest BCUT2D eigenvalue weighted by molar-refractivity contribution is -0.708. The highest BCUT2D eigenvalue weighted by Crippen LogP contribution is 2.29.